The van der Waals surface area contributed by atoms with Gasteiger partial charge in [0.25, 0.3) is 0 Å². The number of carboxylic acid groups (broad SMARTS) is 1. The molecule has 2 N–H and O–H groups in total. The van der Waals surface area contributed by atoms with Crippen molar-refractivity contribution in [2.75, 3.05) is 0 Å². The quantitative estimate of drug-likeness (QED) is 0.781. The number of carboxylic acids is 1. The Balaban J connectivity index is 0.000000239. The molecule has 1 aromatic carbocycles. The minimum atomic E-state index is -0.983. The highest BCUT2D eigenvalue weighted by Crippen LogP contribution is 2.10. The molecule has 0 bridgehead atoms. The molecule has 0 aliphatic carbocycles. The highest BCUT2D eigenvalue weighted by Gasteiger charge is 1.89. The molecule has 88 valence electrons. The average Bonchev–Trinajstić information content (AvgIpc) is 2.87. The monoisotopic (exact) mass is 232 g/mol. The number of aliphatic carboxylic acids is 1. The van der Waals surface area contributed by atoms with Crippen LogP contribution in [-0.2, 0) is 4.79 Å². The molecule has 0 unspecified atom stereocenters. The van der Waals surface area contributed by atoms with Crippen LogP contribution in [0, 0.1) is 0 Å². The molecule has 2 aromatic rings. The summed E-state index contributed by atoms with van der Waals surface area (Å²) in [5.74, 6) is -0.814. The first-order valence-electron chi connectivity index (χ1n) is 4.85. The summed E-state index contributed by atoms with van der Waals surface area (Å²) < 4.78 is 4.58. The SMILES string of the molecule is O=C(O)/C=C/c1ccc(O)cc1.c1ccoc1. The number of aromatic hydroxyl groups is 1. The third-order valence-corrected chi connectivity index (χ3v) is 1.74. The number of phenols is 1. The van der Waals surface area contributed by atoms with Gasteiger partial charge in [0.05, 0.1) is 12.5 Å². The zero-order valence-electron chi connectivity index (χ0n) is 8.98. The Bertz CT molecular complexity index is 437. The van der Waals surface area contributed by atoms with Crippen molar-refractivity contribution in [3.8, 4) is 5.75 Å². The Labute approximate surface area is 98.4 Å². The first-order chi connectivity index (χ1) is 8.18. The van der Waals surface area contributed by atoms with Crippen LogP contribution in [0.15, 0.2) is 59.4 Å². The molecule has 4 heteroatoms. The van der Waals surface area contributed by atoms with Crippen molar-refractivity contribution in [2.24, 2.45) is 0 Å². The first-order valence-corrected chi connectivity index (χ1v) is 4.85. The van der Waals surface area contributed by atoms with E-state index in [9.17, 15) is 4.79 Å². The number of furan rings is 1. The van der Waals surface area contributed by atoms with Gasteiger partial charge in [0.15, 0.2) is 0 Å². The smallest absolute Gasteiger partial charge is 0.328 e. The van der Waals surface area contributed by atoms with Gasteiger partial charge in [-0.3, -0.25) is 0 Å². The van der Waals surface area contributed by atoms with E-state index in [-0.39, 0.29) is 5.75 Å². The van der Waals surface area contributed by atoms with E-state index in [4.69, 9.17) is 10.2 Å². The van der Waals surface area contributed by atoms with Crippen molar-refractivity contribution in [3.63, 3.8) is 0 Å². The van der Waals surface area contributed by atoms with Crippen LogP contribution in [0.5, 0.6) is 5.75 Å². The molecule has 1 heterocycles. The van der Waals surface area contributed by atoms with Gasteiger partial charge in [-0.1, -0.05) is 12.1 Å². The number of rotatable bonds is 2. The predicted molar refractivity (Wildman–Crippen MR) is 63.5 cm³/mol. The maximum absolute atomic E-state index is 10.1. The molecule has 17 heavy (non-hydrogen) atoms. The molecule has 0 spiro atoms. The summed E-state index contributed by atoms with van der Waals surface area (Å²) in [4.78, 5) is 10.1. The topological polar surface area (TPSA) is 70.7 Å². The van der Waals surface area contributed by atoms with Crippen molar-refractivity contribution in [2.45, 2.75) is 0 Å². The van der Waals surface area contributed by atoms with Gasteiger partial charge in [-0.25, -0.2) is 4.79 Å². The molecule has 0 aliphatic heterocycles. The Morgan fingerprint density at radius 3 is 2.12 bits per heavy atom. The second kappa shape index (κ2) is 6.90. The van der Waals surface area contributed by atoms with Crippen LogP contribution in [0.3, 0.4) is 0 Å². The maximum atomic E-state index is 10.1. The normalized spacial score (nSPS) is 9.65. The number of hydrogen-bond donors (Lipinski definition) is 2. The summed E-state index contributed by atoms with van der Waals surface area (Å²) in [6, 6.07) is 9.94. The minimum absolute atomic E-state index is 0.169. The van der Waals surface area contributed by atoms with Gasteiger partial charge in [0.1, 0.15) is 5.75 Å². The van der Waals surface area contributed by atoms with E-state index in [0.717, 1.165) is 11.6 Å². The van der Waals surface area contributed by atoms with E-state index in [2.05, 4.69) is 4.42 Å². The number of hydrogen-bond acceptors (Lipinski definition) is 3. The van der Waals surface area contributed by atoms with E-state index in [1.54, 1.807) is 24.7 Å². The van der Waals surface area contributed by atoms with Gasteiger partial charge < -0.3 is 14.6 Å². The van der Waals surface area contributed by atoms with Crippen LogP contribution >= 0.6 is 0 Å². The fourth-order valence-corrected chi connectivity index (χ4v) is 0.980. The van der Waals surface area contributed by atoms with Crippen molar-refractivity contribution in [3.05, 3.63) is 60.6 Å². The molecule has 0 fully saturated rings. The summed E-state index contributed by atoms with van der Waals surface area (Å²) in [5.41, 5.74) is 0.746. The summed E-state index contributed by atoms with van der Waals surface area (Å²) in [6.07, 6.45) is 5.76. The summed E-state index contributed by atoms with van der Waals surface area (Å²) in [7, 11) is 0. The van der Waals surface area contributed by atoms with Gasteiger partial charge in [-0.05, 0) is 35.9 Å². The Kier molecular flexibility index (Phi) is 5.10. The molecule has 1 aromatic heterocycles. The molecule has 0 radical (unpaired) electrons. The molecule has 0 amide bonds. The van der Waals surface area contributed by atoms with Gasteiger partial charge in [-0.15, -0.1) is 0 Å². The lowest BCUT2D eigenvalue weighted by Gasteiger charge is -1.92. The van der Waals surface area contributed by atoms with Crippen LogP contribution < -0.4 is 0 Å². The predicted octanol–water partition coefficient (Wildman–Crippen LogP) is 2.77. The molecular formula is C13H12O4. The van der Waals surface area contributed by atoms with E-state index in [1.165, 1.54) is 18.2 Å². The molecule has 0 aliphatic rings. The number of carbonyl (C=O) groups is 1. The zero-order valence-corrected chi connectivity index (χ0v) is 8.98. The van der Waals surface area contributed by atoms with Crippen LogP contribution in [0.2, 0.25) is 0 Å². The van der Waals surface area contributed by atoms with Gasteiger partial charge >= 0.3 is 5.97 Å². The van der Waals surface area contributed by atoms with E-state index in [0.29, 0.717) is 0 Å². The maximum Gasteiger partial charge on any atom is 0.328 e. The fraction of sp³-hybridized carbons (Fsp3) is 0. The molecule has 4 nitrogen and oxygen atoms in total. The lowest BCUT2D eigenvalue weighted by molar-refractivity contribution is -0.131. The van der Waals surface area contributed by atoms with Crippen LogP contribution in [0.25, 0.3) is 6.08 Å². The lowest BCUT2D eigenvalue weighted by atomic mass is 10.2. The number of phenolic OH excluding ortho intramolecular Hbond substituents is 1. The summed E-state index contributed by atoms with van der Waals surface area (Å²) in [5, 5.41) is 17.2. The van der Waals surface area contributed by atoms with Crippen LogP contribution in [0.4, 0.5) is 0 Å². The zero-order chi connectivity index (χ0) is 12.5. The van der Waals surface area contributed by atoms with Crippen molar-refractivity contribution < 1.29 is 19.4 Å². The second-order valence-electron chi connectivity index (χ2n) is 3.06. The molecular weight excluding hydrogens is 220 g/mol. The molecule has 0 saturated carbocycles. The van der Waals surface area contributed by atoms with Gasteiger partial charge in [0, 0.05) is 6.08 Å². The second-order valence-corrected chi connectivity index (χ2v) is 3.06. The van der Waals surface area contributed by atoms with Crippen LogP contribution in [-0.4, -0.2) is 16.2 Å². The largest absolute Gasteiger partial charge is 0.508 e. The van der Waals surface area contributed by atoms with Gasteiger partial charge in [0.2, 0.25) is 0 Å². The third-order valence-electron chi connectivity index (χ3n) is 1.74. The summed E-state index contributed by atoms with van der Waals surface area (Å²) in [6.45, 7) is 0. The van der Waals surface area contributed by atoms with E-state index >= 15 is 0 Å². The van der Waals surface area contributed by atoms with E-state index in [1.807, 2.05) is 12.1 Å². The first kappa shape index (κ1) is 12.6. The minimum Gasteiger partial charge on any atom is -0.508 e. The van der Waals surface area contributed by atoms with Crippen molar-refractivity contribution in [1.29, 1.82) is 0 Å². The molecule has 0 saturated heterocycles. The summed E-state index contributed by atoms with van der Waals surface area (Å²) >= 11 is 0. The molecule has 0 atom stereocenters. The lowest BCUT2D eigenvalue weighted by Crippen LogP contribution is -1.85. The van der Waals surface area contributed by atoms with Gasteiger partial charge in [-0.2, -0.15) is 0 Å². The fourth-order valence-electron chi connectivity index (χ4n) is 0.980. The molecule has 2 rings (SSSR count). The number of benzene rings is 1. The van der Waals surface area contributed by atoms with E-state index < -0.39 is 5.97 Å². The van der Waals surface area contributed by atoms with Crippen molar-refractivity contribution >= 4 is 12.0 Å². The van der Waals surface area contributed by atoms with Crippen LogP contribution in [0.1, 0.15) is 5.56 Å². The Morgan fingerprint density at radius 1 is 1.12 bits per heavy atom. The standard InChI is InChI=1S/C9H8O3.C4H4O/c10-8-4-1-7(2-5-8)3-6-9(11)12;1-2-4-5-3-1/h1-6,10H,(H,11,12);1-4H/b6-3+;. The third kappa shape index (κ3) is 5.84. The van der Waals surface area contributed by atoms with Crippen molar-refractivity contribution in [1.82, 2.24) is 0 Å². The average molecular weight is 232 g/mol. The Morgan fingerprint density at radius 2 is 1.71 bits per heavy atom. The Hall–Kier alpha value is -2.49. The highest BCUT2D eigenvalue weighted by atomic mass is 16.4. The highest BCUT2D eigenvalue weighted by molar-refractivity contribution is 5.85.